The monoisotopic (exact) mass is 242 g/mol. The van der Waals surface area contributed by atoms with Crippen LogP contribution in [0.3, 0.4) is 0 Å². The first-order chi connectivity index (χ1) is 8.38. The lowest BCUT2D eigenvalue weighted by atomic mass is 10.0. The van der Waals surface area contributed by atoms with Gasteiger partial charge in [0.25, 0.3) is 0 Å². The van der Waals surface area contributed by atoms with Gasteiger partial charge in [0.05, 0.1) is 13.2 Å². The molecule has 0 aliphatic carbocycles. The second-order valence-corrected chi connectivity index (χ2v) is 5.16. The van der Waals surface area contributed by atoms with Crippen LogP contribution in [0.4, 0.5) is 0 Å². The fourth-order valence-corrected chi connectivity index (χ4v) is 2.44. The van der Waals surface area contributed by atoms with Crippen molar-refractivity contribution < 1.29 is 4.74 Å². The van der Waals surface area contributed by atoms with Gasteiger partial charge in [0.2, 0.25) is 0 Å². The normalized spacial score (nSPS) is 24.4. The highest BCUT2D eigenvalue weighted by molar-refractivity contribution is 4.81. The van der Waals surface area contributed by atoms with Gasteiger partial charge in [-0.15, -0.1) is 0 Å². The molecule has 0 aromatic heterocycles. The number of unbranched alkanes of at least 4 members (excludes halogenated alkanes) is 5. The van der Waals surface area contributed by atoms with Crippen molar-refractivity contribution in [1.29, 1.82) is 0 Å². The highest BCUT2D eigenvalue weighted by atomic mass is 16.5. The van der Waals surface area contributed by atoms with Crippen LogP contribution in [0.5, 0.6) is 0 Å². The van der Waals surface area contributed by atoms with Gasteiger partial charge in [0, 0.05) is 18.5 Å². The van der Waals surface area contributed by atoms with E-state index >= 15 is 0 Å². The van der Waals surface area contributed by atoms with Crippen LogP contribution in [0.1, 0.15) is 45.4 Å². The van der Waals surface area contributed by atoms with Gasteiger partial charge in [-0.3, -0.25) is 0 Å². The summed E-state index contributed by atoms with van der Waals surface area (Å²) in [5.74, 6) is 0.653. The maximum Gasteiger partial charge on any atom is 0.0623 e. The molecule has 17 heavy (non-hydrogen) atoms. The van der Waals surface area contributed by atoms with Gasteiger partial charge in [0.15, 0.2) is 0 Å². The zero-order valence-corrected chi connectivity index (χ0v) is 11.6. The van der Waals surface area contributed by atoms with Crippen molar-refractivity contribution in [3.05, 3.63) is 0 Å². The van der Waals surface area contributed by atoms with Gasteiger partial charge < -0.3 is 15.4 Å². The summed E-state index contributed by atoms with van der Waals surface area (Å²) >= 11 is 0. The van der Waals surface area contributed by atoms with E-state index < -0.39 is 0 Å². The Labute approximate surface area is 107 Å². The molecular formula is C14H30N2O. The average Bonchev–Trinajstić information content (AvgIpc) is 2.80. The van der Waals surface area contributed by atoms with E-state index in [1.165, 1.54) is 45.1 Å². The standard InChI is InChI=1S/C14H30N2O/c1-3-4-5-6-7-8-9-16-10-13-11-17-12-14(13)15-2/h13-16H,3-12H2,1-2H3. The Kier molecular flexibility index (Phi) is 8.67. The Balaban J connectivity index is 1.87. The van der Waals surface area contributed by atoms with Crippen LogP contribution in [0.15, 0.2) is 0 Å². The Bertz CT molecular complexity index is 176. The third-order valence-corrected chi connectivity index (χ3v) is 3.68. The number of hydrogen-bond acceptors (Lipinski definition) is 3. The number of hydrogen-bond donors (Lipinski definition) is 2. The Morgan fingerprint density at radius 1 is 1.06 bits per heavy atom. The maximum atomic E-state index is 5.48. The van der Waals surface area contributed by atoms with Crippen LogP contribution >= 0.6 is 0 Å². The topological polar surface area (TPSA) is 33.3 Å². The first kappa shape index (κ1) is 14.9. The molecule has 1 heterocycles. The van der Waals surface area contributed by atoms with Crippen molar-refractivity contribution in [3.63, 3.8) is 0 Å². The number of likely N-dealkylation sites (N-methyl/N-ethyl adjacent to an activating group) is 1. The maximum absolute atomic E-state index is 5.48. The quantitative estimate of drug-likeness (QED) is 0.576. The summed E-state index contributed by atoms with van der Waals surface area (Å²) in [5, 5.41) is 6.89. The van der Waals surface area contributed by atoms with E-state index in [9.17, 15) is 0 Å². The molecule has 3 nitrogen and oxygen atoms in total. The third kappa shape index (κ3) is 6.39. The van der Waals surface area contributed by atoms with Crippen LogP contribution in [0.25, 0.3) is 0 Å². The summed E-state index contributed by atoms with van der Waals surface area (Å²) in [6.45, 7) is 6.32. The molecule has 2 N–H and O–H groups in total. The Hall–Kier alpha value is -0.120. The van der Waals surface area contributed by atoms with Gasteiger partial charge in [0.1, 0.15) is 0 Å². The second kappa shape index (κ2) is 9.86. The minimum absolute atomic E-state index is 0.548. The number of nitrogens with one attached hydrogen (secondary N) is 2. The first-order valence-electron chi connectivity index (χ1n) is 7.34. The fraction of sp³-hybridized carbons (Fsp3) is 1.00. The highest BCUT2D eigenvalue weighted by Gasteiger charge is 2.25. The van der Waals surface area contributed by atoms with Crippen molar-refractivity contribution in [3.8, 4) is 0 Å². The first-order valence-corrected chi connectivity index (χ1v) is 7.34. The molecule has 1 rings (SSSR count). The van der Waals surface area contributed by atoms with E-state index in [0.29, 0.717) is 12.0 Å². The summed E-state index contributed by atoms with van der Waals surface area (Å²) < 4.78 is 5.48. The average molecular weight is 242 g/mol. The summed E-state index contributed by atoms with van der Waals surface area (Å²) in [4.78, 5) is 0. The second-order valence-electron chi connectivity index (χ2n) is 5.16. The van der Waals surface area contributed by atoms with Crippen molar-refractivity contribution in [2.75, 3.05) is 33.4 Å². The van der Waals surface area contributed by atoms with Crippen LogP contribution in [0.2, 0.25) is 0 Å². The van der Waals surface area contributed by atoms with Gasteiger partial charge in [-0.25, -0.2) is 0 Å². The molecule has 0 radical (unpaired) electrons. The van der Waals surface area contributed by atoms with Crippen LogP contribution in [-0.4, -0.2) is 39.4 Å². The zero-order valence-electron chi connectivity index (χ0n) is 11.6. The molecule has 1 saturated heterocycles. The van der Waals surface area contributed by atoms with Gasteiger partial charge in [-0.1, -0.05) is 39.0 Å². The van der Waals surface area contributed by atoms with Gasteiger partial charge in [-0.2, -0.15) is 0 Å². The molecule has 3 heteroatoms. The summed E-state index contributed by atoms with van der Waals surface area (Å²) in [6.07, 6.45) is 8.25. The van der Waals surface area contributed by atoms with Crippen LogP contribution in [0, 0.1) is 5.92 Å². The van der Waals surface area contributed by atoms with Crippen molar-refractivity contribution >= 4 is 0 Å². The minimum Gasteiger partial charge on any atom is -0.379 e. The summed E-state index contributed by atoms with van der Waals surface area (Å²) in [5.41, 5.74) is 0. The SMILES string of the molecule is CCCCCCCCNCC1COCC1NC. The zero-order chi connectivity index (χ0) is 12.3. The molecule has 102 valence electrons. The van der Waals surface area contributed by atoms with E-state index in [2.05, 4.69) is 17.6 Å². The molecule has 0 spiro atoms. The Morgan fingerprint density at radius 2 is 1.82 bits per heavy atom. The summed E-state index contributed by atoms with van der Waals surface area (Å²) in [6, 6.07) is 0.548. The lowest BCUT2D eigenvalue weighted by molar-refractivity contribution is 0.182. The van der Waals surface area contributed by atoms with E-state index in [1.807, 2.05) is 7.05 Å². The molecule has 0 aromatic carbocycles. The predicted molar refractivity (Wildman–Crippen MR) is 73.4 cm³/mol. The lowest BCUT2D eigenvalue weighted by Gasteiger charge is -2.17. The van der Waals surface area contributed by atoms with Crippen molar-refractivity contribution in [2.45, 2.75) is 51.5 Å². The number of ether oxygens (including phenoxy) is 1. The molecule has 1 aliphatic rings. The van der Waals surface area contributed by atoms with Crippen LogP contribution in [-0.2, 0) is 4.74 Å². The molecule has 2 unspecified atom stereocenters. The molecule has 0 aromatic rings. The Morgan fingerprint density at radius 3 is 2.59 bits per heavy atom. The predicted octanol–water partition coefficient (Wildman–Crippen LogP) is 2.17. The molecule has 0 bridgehead atoms. The lowest BCUT2D eigenvalue weighted by Crippen LogP contribution is -2.38. The molecule has 0 saturated carbocycles. The fourth-order valence-electron chi connectivity index (χ4n) is 2.44. The number of rotatable bonds is 10. The van der Waals surface area contributed by atoms with Crippen LogP contribution < -0.4 is 10.6 Å². The highest BCUT2D eigenvalue weighted by Crippen LogP contribution is 2.12. The van der Waals surface area contributed by atoms with E-state index in [4.69, 9.17) is 4.74 Å². The molecule has 0 amide bonds. The molecule has 2 atom stereocenters. The van der Waals surface area contributed by atoms with E-state index in [-0.39, 0.29) is 0 Å². The van der Waals surface area contributed by atoms with Crippen molar-refractivity contribution in [1.82, 2.24) is 10.6 Å². The van der Waals surface area contributed by atoms with Gasteiger partial charge in [-0.05, 0) is 20.0 Å². The smallest absolute Gasteiger partial charge is 0.0623 e. The van der Waals surface area contributed by atoms with E-state index in [0.717, 1.165) is 19.8 Å². The molecular weight excluding hydrogens is 212 g/mol. The molecule has 1 fully saturated rings. The van der Waals surface area contributed by atoms with E-state index in [1.54, 1.807) is 0 Å². The summed E-state index contributed by atoms with van der Waals surface area (Å²) in [7, 11) is 2.03. The largest absolute Gasteiger partial charge is 0.379 e. The minimum atomic E-state index is 0.548. The van der Waals surface area contributed by atoms with Crippen molar-refractivity contribution in [2.24, 2.45) is 5.92 Å². The third-order valence-electron chi connectivity index (χ3n) is 3.68. The molecule has 1 aliphatic heterocycles. The van der Waals surface area contributed by atoms with Gasteiger partial charge >= 0.3 is 0 Å².